The summed E-state index contributed by atoms with van der Waals surface area (Å²) in [6, 6.07) is 14.8. The van der Waals surface area contributed by atoms with Gasteiger partial charge in [-0.1, -0.05) is 11.3 Å². The highest BCUT2D eigenvalue weighted by molar-refractivity contribution is 7.21. The van der Waals surface area contributed by atoms with Crippen LogP contribution in [0.4, 0.5) is 5.69 Å². The summed E-state index contributed by atoms with van der Waals surface area (Å²) < 4.78 is 10.5. The highest BCUT2D eigenvalue weighted by Crippen LogP contribution is 2.32. The van der Waals surface area contributed by atoms with Crippen LogP contribution in [0, 0.1) is 6.92 Å². The van der Waals surface area contributed by atoms with Gasteiger partial charge in [0.15, 0.2) is 11.5 Å². The zero-order chi connectivity index (χ0) is 20.4. The van der Waals surface area contributed by atoms with Crippen molar-refractivity contribution in [2.24, 2.45) is 0 Å². The maximum absolute atomic E-state index is 12.7. The molecule has 0 radical (unpaired) electrons. The van der Waals surface area contributed by atoms with Gasteiger partial charge in [-0.15, -0.1) is 0 Å². The van der Waals surface area contributed by atoms with Crippen LogP contribution in [0.15, 0.2) is 54.7 Å². The van der Waals surface area contributed by atoms with Gasteiger partial charge in [-0.25, -0.2) is 9.97 Å². The van der Waals surface area contributed by atoms with Crippen molar-refractivity contribution in [3.8, 4) is 22.1 Å². The minimum Gasteiger partial charge on any atom is -0.493 e. The molecular formula is C22H19N3O3S. The van der Waals surface area contributed by atoms with Gasteiger partial charge in [0.1, 0.15) is 15.4 Å². The Kier molecular flexibility index (Phi) is 5.14. The maximum Gasteiger partial charge on any atom is 0.255 e. The maximum atomic E-state index is 12.7. The molecule has 0 aliphatic heterocycles. The SMILES string of the molecule is COc1ccc(C(=O)Nc2ccc(-c3nc4cccnc4s3)cc2C)cc1OC. The minimum absolute atomic E-state index is 0.217. The number of fused-ring (bicyclic) bond motifs is 1. The molecule has 0 atom stereocenters. The summed E-state index contributed by atoms with van der Waals surface area (Å²) in [5.74, 6) is 0.873. The van der Waals surface area contributed by atoms with Crippen LogP contribution < -0.4 is 14.8 Å². The van der Waals surface area contributed by atoms with Crippen molar-refractivity contribution < 1.29 is 14.3 Å². The van der Waals surface area contributed by atoms with Gasteiger partial charge in [0.25, 0.3) is 5.91 Å². The Labute approximate surface area is 172 Å². The van der Waals surface area contributed by atoms with Crippen molar-refractivity contribution in [1.29, 1.82) is 0 Å². The van der Waals surface area contributed by atoms with Crippen LogP contribution in [0.1, 0.15) is 15.9 Å². The molecule has 2 aromatic carbocycles. The molecule has 2 aromatic heterocycles. The molecule has 0 spiro atoms. The number of rotatable bonds is 5. The molecule has 2 heterocycles. The number of amides is 1. The predicted octanol–water partition coefficient (Wildman–Crippen LogP) is 4.94. The summed E-state index contributed by atoms with van der Waals surface area (Å²) in [5, 5.41) is 3.86. The van der Waals surface area contributed by atoms with Crippen LogP contribution in [0.5, 0.6) is 11.5 Å². The summed E-state index contributed by atoms with van der Waals surface area (Å²) in [5.41, 5.74) is 4.06. The van der Waals surface area contributed by atoms with E-state index in [4.69, 9.17) is 9.47 Å². The van der Waals surface area contributed by atoms with E-state index in [-0.39, 0.29) is 5.91 Å². The Morgan fingerprint density at radius 3 is 2.59 bits per heavy atom. The fourth-order valence-corrected chi connectivity index (χ4v) is 3.91. The second-order valence-electron chi connectivity index (χ2n) is 6.40. The van der Waals surface area contributed by atoms with Crippen LogP contribution in [-0.4, -0.2) is 30.1 Å². The Morgan fingerprint density at radius 1 is 1.03 bits per heavy atom. The van der Waals surface area contributed by atoms with E-state index in [1.54, 1.807) is 50.0 Å². The number of thiazole rings is 1. The van der Waals surface area contributed by atoms with E-state index in [0.717, 1.165) is 32.2 Å². The number of benzene rings is 2. The topological polar surface area (TPSA) is 73.3 Å². The van der Waals surface area contributed by atoms with Gasteiger partial charge < -0.3 is 14.8 Å². The third kappa shape index (κ3) is 3.77. The number of aromatic nitrogens is 2. The molecule has 4 aromatic rings. The number of hydrogen-bond acceptors (Lipinski definition) is 6. The van der Waals surface area contributed by atoms with Crippen LogP contribution in [0.2, 0.25) is 0 Å². The molecule has 0 saturated carbocycles. The molecular weight excluding hydrogens is 386 g/mol. The standard InChI is InChI=1S/C22H19N3O3S/c1-13-11-15(21-25-17-5-4-10-23-22(17)29-21)6-8-16(13)24-20(26)14-7-9-18(27-2)19(12-14)28-3/h4-12H,1-3H3,(H,24,26). The molecule has 0 aliphatic carbocycles. The molecule has 6 nitrogen and oxygen atoms in total. The van der Waals surface area contributed by atoms with Crippen molar-refractivity contribution in [3.63, 3.8) is 0 Å². The van der Waals surface area contributed by atoms with Crippen molar-refractivity contribution in [3.05, 3.63) is 65.9 Å². The van der Waals surface area contributed by atoms with Crippen molar-refractivity contribution in [2.45, 2.75) is 6.92 Å². The lowest BCUT2D eigenvalue weighted by molar-refractivity contribution is 0.102. The van der Waals surface area contributed by atoms with Gasteiger partial charge >= 0.3 is 0 Å². The largest absolute Gasteiger partial charge is 0.493 e. The fraction of sp³-hybridized carbons (Fsp3) is 0.136. The number of carbonyl (C=O) groups is 1. The van der Waals surface area contributed by atoms with E-state index < -0.39 is 0 Å². The number of carbonyl (C=O) groups excluding carboxylic acids is 1. The molecule has 0 bridgehead atoms. The fourth-order valence-electron chi connectivity index (χ4n) is 3.00. The molecule has 7 heteroatoms. The van der Waals surface area contributed by atoms with Crippen molar-refractivity contribution in [2.75, 3.05) is 19.5 Å². The zero-order valence-electron chi connectivity index (χ0n) is 16.2. The quantitative estimate of drug-likeness (QED) is 0.509. The average Bonchev–Trinajstić information content (AvgIpc) is 3.18. The Balaban J connectivity index is 1.57. The van der Waals surface area contributed by atoms with Gasteiger partial charge in [0.2, 0.25) is 0 Å². The molecule has 29 heavy (non-hydrogen) atoms. The van der Waals surface area contributed by atoms with Crippen LogP contribution in [-0.2, 0) is 0 Å². The number of methoxy groups -OCH3 is 2. The van der Waals surface area contributed by atoms with Gasteiger partial charge in [-0.2, -0.15) is 0 Å². The molecule has 1 amide bonds. The first-order valence-electron chi connectivity index (χ1n) is 8.95. The molecule has 1 N–H and O–H groups in total. The van der Waals surface area contributed by atoms with Gasteiger partial charge in [0, 0.05) is 23.0 Å². The molecule has 0 saturated heterocycles. The van der Waals surface area contributed by atoms with Crippen molar-refractivity contribution >= 4 is 33.3 Å². The van der Waals surface area contributed by atoms with E-state index in [9.17, 15) is 4.79 Å². The van der Waals surface area contributed by atoms with E-state index in [0.29, 0.717) is 17.1 Å². The zero-order valence-corrected chi connectivity index (χ0v) is 17.0. The molecule has 0 aliphatic rings. The van der Waals surface area contributed by atoms with E-state index in [1.165, 1.54) is 0 Å². The molecule has 146 valence electrons. The number of nitrogens with zero attached hydrogens (tertiary/aromatic N) is 2. The third-order valence-corrected chi connectivity index (χ3v) is 5.56. The van der Waals surface area contributed by atoms with Gasteiger partial charge in [-0.05, 0) is 61.0 Å². The lowest BCUT2D eigenvalue weighted by atomic mass is 10.1. The average molecular weight is 405 g/mol. The number of nitrogens with one attached hydrogen (secondary N) is 1. The summed E-state index contributed by atoms with van der Waals surface area (Å²) in [7, 11) is 3.10. The van der Waals surface area contributed by atoms with Crippen LogP contribution >= 0.6 is 11.3 Å². The molecule has 0 unspecified atom stereocenters. The summed E-state index contributed by atoms with van der Waals surface area (Å²) >= 11 is 1.55. The molecule has 4 rings (SSSR count). The summed E-state index contributed by atoms with van der Waals surface area (Å²) in [6.45, 7) is 1.96. The van der Waals surface area contributed by atoms with Crippen LogP contribution in [0.3, 0.4) is 0 Å². The number of anilines is 1. The first-order valence-corrected chi connectivity index (χ1v) is 9.76. The lowest BCUT2D eigenvalue weighted by Crippen LogP contribution is -2.13. The van der Waals surface area contributed by atoms with E-state index >= 15 is 0 Å². The molecule has 0 fully saturated rings. The normalized spacial score (nSPS) is 10.7. The van der Waals surface area contributed by atoms with Gasteiger partial charge in [0.05, 0.1) is 14.2 Å². The second kappa shape index (κ2) is 7.89. The second-order valence-corrected chi connectivity index (χ2v) is 7.38. The first-order chi connectivity index (χ1) is 14.1. The number of hydrogen-bond donors (Lipinski definition) is 1. The summed E-state index contributed by atoms with van der Waals surface area (Å²) in [6.07, 6.45) is 1.77. The predicted molar refractivity (Wildman–Crippen MR) is 115 cm³/mol. The van der Waals surface area contributed by atoms with Crippen molar-refractivity contribution in [1.82, 2.24) is 9.97 Å². The Morgan fingerprint density at radius 2 is 1.86 bits per heavy atom. The van der Waals surface area contributed by atoms with E-state index in [2.05, 4.69) is 15.3 Å². The van der Waals surface area contributed by atoms with Gasteiger partial charge in [-0.3, -0.25) is 4.79 Å². The first kappa shape index (κ1) is 18.9. The Bertz CT molecular complexity index is 1170. The smallest absolute Gasteiger partial charge is 0.255 e. The summed E-state index contributed by atoms with van der Waals surface area (Å²) in [4.78, 5) is 22.6. The lowest BCUT2D eigenvalue weighted by Gasteiger charge is -2.12. The Hall–Kier alpha value is -3.45. The highest BCUT2D eigenvalue weighted by atomic mass is 32.1. The highest BCUT2D eigenvalue weighted by Gasteiger charge is 2.13. The number of ether oxygens (including phenoxy) is 2. The van der Waals surface area contributed by atoms with Crippen LogP contribution in [0.25, 0.3) is 20.9 Å². The monoisotopic (exact) mass is 405 g/mol. The number of aryl methyl sites for hydroxylation is 1. The third-order valence-electron chi connectivity index (χ3n) is 4.53. The minimum atomic E-state index is -0.217. The number of pyridine rings is 1. The van der Waals surface area contributed by atoms with E-state index in [1.807, 2.05) is 37.3 Å².